The highest BCUT2D eigenvalue weighted by atomic mass is 16.5. The van der Waals surface area contributed by atoms with E-state index in [2.05, 4.69) is 34.2 Å². The van der Waals surface area contributed by atoms with Crippen molar-refractivity contribution < 1.29 is 9.47 Å². The highest BCUT2D eigenvalue weighted by Gasteiger charge is 2.24. The fourth-order valence-corrected chi connectivity index (χ4v) is 3.95. The molecule has 2 aliphatic heterocycles. The van der Waals surface area contributed by atoms with E-state index in [-0.39, 0.29) is 6.10 Å². The van der Waals surface area contributed by atoms with Crippen molar-refractivity contribution in [2.75, 3.05) is 24.6 Å². The minimum Gasteiger partial charge on any atom is -0.493 e. The Bertz CT molecular complexity index is 991. The van der Waals surface area contributed by atoms with Crippen molar-refractivity contribution in [2.24, 2.45) is 0 Å². The summed E-state index contributed by atoms with van der Waals surface area (Å²) in [7, 11) is 0. The Morgan fingerprint density at radius 1 is 1.11 bits per heavy atom. The first-order valence-corrected chi connectivity index (χ1v) is 9.54. The molecule has 0 radical (unpaired) electrons. The Morgan fingerprint density at radius 2 is 1.96 bits per heavy atom. The van der Waals surface area contributed by atoms with E-state index in [9.17, 15) is 0 Å². The van der Waals surface area contributed by atoms with Gasteiger partial charge in [-0.2, -0.15) is 4.52 Å². The maximum atomic E-state index is 6.24. The average molecular weight is 365 g/mol. The Morgan fingerprint density at radius 3 is 2.81 bits per heavy atom. The topological polar surface area (TPSA) is 64.8 Å². The molecule has 0 saturated carbocycles. The first-order valence-electron chi connectivity index (χ1n) is 9.54. The van der Waals surface area contributed by atoms with Crippen molar-refractivity contribution in [2.45, 2.75) is 39.2 Å². The van der Waals surface area contributed by atoms with Gasteiger partial charge in [0.2, 0.25) is 0 Å². The number of ether oxygens (including phenoxy) is 2. The van der Waals surface area contributed by atoms with Gasteiger partial charge in [0.05, 0.1) is 6.61 Å². The second-order valence-corrected chi connectivity index (χ2v) is 7.34. The largest absolute Gasteiger partial charge is 0.493 e. The SMILES string of the molecule is Cc1cc2nnc(C)n2nc1N1CCC(Oc2ccc3c(c2)CCO3)CC1. The fourth-order valence-electron chi connectivity index (χ4n) is 3.95. The van der Waals surface area contributed by atoms with E-state index >= 15 is 0 Å². The van der Waals surface area contributed by atoms with Crippen LogP contribution in [0.3, 0.4) is 0 Å². The number of anilines is 1. The van der Waals surface area contributed by atoms with Crippen LogP contribution >= 0.6 is 0 Å². The third kappa shape index (κ3) is 2.97. The number of nitrogens with zero attached hydrogens (tertiary/aromatic N) is 5. The van der Waals surface area contributed by atoms with E-state index in [1.165, 1.54) is 5.56 Å². The van der Waals surface area contributed by atoms with Crippen LogP contribution in [0, 0.1) is 13.8 Å². The molecule has 0 N–H and O–H groups in total. The first kappa shape index (κ1) is 16.4. The van der Waals surface area contributed by atoms with Crippen LogP contribution in [0.25, 0.3) is 5.65 Å². The Kier molecular flexibility index (Phi) is 3.88. The molecule has 140 valence electrons. The molecule has 0 bridgehead atoms. The molecule has 1 aromatic carbocycles. The molecule has 7 nitrogen and oxygen atoms in total. The molecule has 3 aromatic rings. The highest BCUT2D eigenvalue weighted by molar-refractivity contribution is 5.52. The van der Waals surface area contributed by atoms with Gasteiger partial charge in [0, 0.05) is 37.9 Å². The lowest BCUT2D eigenvalue weighted by Gasteiger charge is -2.33. The van der Waals surface area contributed by atoms with Gasteiger partial charge < -0.3 is 14.4 Å². The highest BCUT2D eigenvalue weighted by Crippen LogP contribution is 2.31. The van der Waals surface area contributed by atoms with Gasteiger partial charge in [-0.1, -0.05) is 0 Å². The monoisotopic (exact) mass is 365 g/mol. The molecule has 0 atom stereocenters. The zero-order valence-electron chi connectivity index (χ0n) is 15.7. The Balaban J connectivity index is 1.27. The predicted octanol–water partition coefficient (Wildman–Crippen LogP) is 2.72. The number of aromatic nitrogens is 4. The van der Waals surface area contributed by atoms with Crippen LogP contribution in [0.5, 0.6) is 11.5 Å². The number of fused-ring (bicyclic) bond motifs is 2. The fraction of sp³-hybridized carbons (Fsp3) is 0.450. The van der Waals surface area contributed by atoms with E-state index in [4.69, 9.17) is 14.6 Å². The summed E-state index contributed by atoms with van der Waals surface area (Å²) in [6.07, 6.45) is 3.17. The lowest BCUT2D eigenvalue weighted by molar-refractivity contribution is 0.170. The quantitative estimate of drug-likeness (QED) is 0.711. The van der Waals surface area contributed by atoms with Gasteiger partial charge in [-0.05, 0) is 43.7 Å². The van der Waals surface area contributed by atoms with Gasteiger partial charge in [0.1, 0.15) is 17.6 Å². The van der Waals surface area contributed by atoms with Gasteiger partial charge in [-0.3, -0.25) is 0 Å². The summed E-state index contributed by atoms with van der Waals surface area (Å²) in [6, 6.07) is 8.22. The van der Waals surface area contributed by atoms with Crippen LogP contribution in [0.2, 0.25) is 0 Å². The van der Waals surface area contributed by atoms with Gasteiger partial charge in [0.25, 0.3) is 0 Å². The average Bonchev–Trinajstić information content (AvgIpc) is 3.28. The number of benzene rings is 1. The Hall–Kier alpha value is -2.83. The summed E-state index contributed by atoms with van der Waals surface area (Å²) >= 11 is 0. The van der Waals surface area contributed by atoms with E-state index in [0.29, 0.717) is 0 Å². The van der Waals surface area contributed by atoms with Crippen LogP contribution < -0.4 is 14.4 Å². The molecule has 1 saturated heterocycles. The summed E-state index contributed by atoms with van der Waals surface area (Å²) in [4.78, 5) is 2.34. The summed E-state index contributed by atoms with van der Waals surface area (Å²) < 4.78 is 13.6. The smallest absolute Gasteiger partial charge is 0.178 e. The van der Waals surface area contributed by atoms with Crippen molar-refractivity contribution in [3.8, 4) is 11.5 Å². The molecule has 5 rings (SSSR count). The molecule has 27 heavy (non-hydrogen) atoms. The molecule has 4 heterocycles. The molecule has 2 aromatic heterocycles. The van der Waals surface area contributed by atoms with Crippen molar-refractivity contribution in [1.29, 1.82) is 0 Å². The standard InChI is InChI=1S/C20H23N5O2/c1-13-11-19-22-21-14(2)25(19)23-20(13)24-8-5-16(6-9-24)27-17-3-4-18-15(12-17)7-10-26-18/h3-4,11-12,16H,5-10H2,1-2H3. The molecule has 2 aliphatic rings. The molecule has 0 aliphatic carbocycles. The zero-order chi connectivity index (χ0) is 18.4. The third-order valence-electron chi connectivity index (χ3n) is 5.42. The maximum absolute atomic E-state index is 6.24. The van der Waals surface area contributed by atoms with Crippen molar-refractivity contribution in [3.05, 3.63) is 41.2 Å². The lowest BCUT2D eigenvalue weighted by Crippen LogP contribution is -2.39. The maximum Gasteiger partial charge on any atom is 0.178 e. The number of rotatable bonds is 3. The van der Waals surface area contributed by atoms with Gasteiger partial charge in [0.15, 0.2) is 17.3 Å². The Labute approximate surface area is 157 Å². The molecular weight excluding hydrogens is 342 g/mol. The summed E-state index contributed by atoms with van der Waals surface area (Å²) in [5.74, 6) is 3.77. The zero-order valence-corrected chi connectivity index (χ0v) is 15.7. The second-order valence-electron chi connectivity index (χ2n) is 7.34. The lowest BCUT2D eigenvalue weighted by atomic mass is 10.1. The normalized spacial score (nSPS) is 17.2. The molecule has 7 heteroatoms. The molecule has 1 fully saturated rings. The number of hydrogen-bond acceptors (Lipinski definition) is 6. The molecule has 0 unspecified atom stereocenters. The second kappa shape index (κ2) is 6.40. The summed E-state index contributed by atoms with van der Waals surface area (Å²) in [5.41, 5.74) is 3.18. The van der Waals surface area contributed by atoms with Crippen LogP contribution in [0.4, 0.5) is 5.82 Å². The number of aryl methyl sites for hydroxylation is 2. The van der Waals surface area contributed by atoms with Gasteiger partial charge in [-0.25, -0.2) is 0 Å². The summed E-state index contributed by atoms with van der Waals surface area (Å²) in [5, 5.41) is 13.0. The number of piperidine rings is 1. The molecule has 0 spiro atoms. The minimum absolute atomic E-state index is 0.238. The van der Waals surface area contributed by atoms with Crippen LogP contribution in [-0.2, 0) is 6.42 Å². The van der Waals surface area contributed by atoms with Crippen molar-refractivity contribution in [3.63, 3.8) is 0 Å². The first-order chi connectivity index (χ1) is 13.2. The van der Waals surface area contributed by atoms with Crippen molar-refractivity contribution >= 4 is 11.5 Å². The number of hydrogen-bond donors (Lipinski definition) is 0. The van der Waals surface area contributed by atoms with Crippen LogP contribution in [0.15, 0.2) is 24.3 Å². The van der Waals surface area contributed by atoms with E-state index < -0.39 is 0 Å². The van der Waals surface area contributed by atoms with E-state index in [0.717, 1.165) is 73.3 Å². The van der Waals surface area contributed by atoms with Crippen LogP contribution in [-0.4, -0.2) is 45.6 Å². The minimum atomic E-state index is 0.238. The van der Waals surface area contributed by atoms with E-state index in [1.54, 1.807) is 0 Å². The summed E-state index contributed by atoms with van der Waals surface area (Å²) in [6.45, 7) is 6.65. The van der Waals surface area contributed by atoms with E-state index in [1.807, 2.05) is 23.6 Å². The van der Waals surface area contributed by atoms with Crippen molar-refractivity contribution in [1.82, 2.24) is 19.8 Å². The van der Waals surface area contributed by atoms with Gasteiger partial charge >= 0.3 is 0 Å². The van der Waals surface area contributed by atoms with Crippen LogP contribution in [0.1, 0.15) is 29.8 Å². The molecular formula is C20H23N5O2. The third-order valence-corrected chi connectivity index (χ3v) is 5.42. The van der Waals surface area contributed by atoms with Gasteiger partial charge in [-0.15, -0.1) is 15.3 Å². The molecule has 0 amide bonds. The predicted molar refractivity (Wildman–Crippen MR) is 102 cm³/mol.